The van der Waals surface area contributed by atoms with Crippen LogP contribution in [0.25, 0.3) is 0 Å². The number of anilines is 1. The maximum atomic E-state index is 12.6. The number of amides is 1. The van der Waals surface area contributed by atoms with E-state index in [0.29, 0.717) is 11.4 Å². The average molecular weight is 271 g/mol. The first-order valence-corrected chi connectivity index (χ1v) is 6.82. The van der Waals surface area contributed by atoms with E-state index >= 15 is 0 Å². The van der Waals surface area contributed by atoms with Gasteiger partial charge in [-0.25, -0.2) is 0 Å². The second-order valence-corrected chi connectivity index (χ2v) is 4.95. The maximum absolute atomic E-state index is 12.6. The van der Waals surface area contributed by atoms with Crippen LogP contribution in [0.3, 0.4) is 0 Å². The largest absolute Gasteiger partial charge is 0.397 e. The molecule has 0 spiro atoms. The van der Waals surface area contributed by atoms with Gasteiger partial charge in [0.2, 0.25) is 0 Å². The molecular weight excluding hydrogens is 250 g/mol. The zero-order chi connectivity index (χ0) is 14.7. The number of hydrogen-bond donors (Lipinski definition) is 1. The van der Waals surface area contributed by atoms with Gasteiger partial charge in [0.15, 0.2) is 0 Å². The van der Waals surface area contributed by atoms with E-state index in [2.05, 4.69) is 0 Å². The highest BCUT2D eigenvalue weighted by molar-refractivity contribution is 5.94. The van der Waals surface area contributed by atoms with Crippen LogP contribution in [-0.2, 0) is 6.54 Å². The van der Waals surface area contributed by atoms with Crippen molar-refractivity contribution in [2.45, 2.75) is 26.4 Å². The van der Waals surface area contributed by atoms with Gasteiger partial charge < -0.3 is 15.2 Å². The van der Waals surface area contributed by atoms with Crippen molar-refractivity contribution in [3.8, 4) is 0 Å². The van der Waals surface area contributed by atoms with Crippen LogP contribution in [0.2, 0.25) is 0 Å². The molecule has 0 aliphatic carbocycles. The third-order valence-corrected chi connectivity index (χ3v) is 3.66. The van der Waals surface area contributed by atoms with E-state index < -0.39 is 0 Å². The van der Waals surface area contributed by atoms with E-state index in [4.69, 9.17) is 5.73 Å². The normalized spacial score (nSPS) is 12.2. The number of hydrogen-bond acceptors (Lipinski definition) is 2. The quantitative estimate of drug-likeness (QED) is 0.929. The first-order valence-electron chi connectivity index (χ1n) is 6.82. The monoisotopic (exact) mass is 271 g/mol. The summed E-state index contributed by atoms with van der Waals surface area (Å²) in [6.07, 6.45) is 1.80. The summed E-state index contributed by atoms with van der Waals surface area (Å²) < 4.78 is 1.88. The van der Waals surface area contributed by atoms with E-state index in [-0.39, 0.29) is 11.9 Å². The fourth-order valence-electron chi connectivity index (χ4n) is 2.29. The molecule has 2 N–H and O–H groups in total. The standard InChI is InChI=1S/C16H21N3O/c1-4-19-11-14(17)10-15(19)16(20)18(3)12(2)13-8-6-5-7-9-13/h5-12H,4,17H2,1-3H3. The van der Waals surface area contributed by atoms with Crippen LogP contribution in [0.15, 0.2) is 42.6 Å². The van der Waals surface area contributed by atoms with Crippen molar-refractivity contribution in [3.05, 3.63) is 53.9 Å². The Morgan fingerprint density at radius 2 is 2.00 bits per heavy atom. The molecule has 1 unspecified atom stereocenters. The summed E-state index contributed by atoms with van der Waals surface area (Å²) in [6.45, 7) is 4.75. The molecule has 1 aromatic carbocycles. The van der Waals surface area contributed by atoms with Gasteiger partial charge >= 0.3 is 0 Å². The van der Waals surface area contributed by atoms with Crippen molar-refractivity contribution in [3.63, 3.8) is 0 Å². The van der Waals surface area contributed by atoms with Crippen molar-refractivity contribution in [1.82, 2.24) is 9.47 Å². The number of aryl methyl sites for hydroxylation is 1. The summed E-state index contributed by atoms with van der Waals surface area (Å²) in [5.74, 6) is -0.0140. The Morgan fingerprint density at radius 3 is 2.60 bits per heavy atom. The highest BCUT2D eigenvalue weighted by Gasteiger charge is 2.21. The van der Waals surface area contributed by atoms with Crippen LogP contribution in [0.4, 0.5) is 5.69 Å². The molecular formula is C16H21N3O. The molecule has 106 valence electrons. The summed E-state index contributed by atoms with van der Waals surface area (Å²) >= 11 is 0. The molecule has 0 saturated heterocycles. The molecule has 4 nitrogen and oxygen atoms in total. The van der Waals surface area contributed by atoms with Crippen LogP contribution < -0.4 is 5.73 Å². The van der Waals surface area contributed by atoms with Crippen LogP contribution in [0.1, 0.15) is 35.9 Å². The average Bonchev–Trinajstić information content (AvgIpc) is 2.87. The lowest BCUT2D eigenvalue weighted by atomic mass is 10.1. The van der Waals surface area contributed by atoms with E-state index in [0.717, 1.165) is 12.1 Å². The molecule has 0 aliphatic rings. The van der Waals surface area contributed by atoms with Crippen molar-refractivity contribution < 1.29 is 4.79 Å². The molecule has 1 amide bonds. The predicted octanol–water partition coefficient (Wildman–Crippen LogP) is 2.92. The Bertz CT molecular complexity index is 589. The first kappa shape index (κ1) is 14.2. The molecule has 0 bridgehead atoms. The number of carbonyl (C=O) groups excluding carboxylic acids is 1. The number of nitrogen functional groups attached to an aromatic ring is 1. The smallest absolute Gasteiger partial charge is 0.270 e. The minimum Gasteiger partial charge on any atom is -0.397 e. The summed E-state index contributed by atoms with van der Waals surface area (Å²) in [6, 6.07) is 11.8. The topological polar surface area (TPSA) is 51.3 Å². The Balaban J connectivity index is 2.24. The second kappa shape index (κ2) is 5.82. The third-order valence-electron chi connectivity index (χ3n) is 3.66. The molecule has 2 aromatic rings. The highest BCUT2D eigenvalue weighted by atomic mass is 16.2. The molecule has 4 heteroatoms. The van der Waals surface area contributed by atoms with Gasteiger partial charge in [0, 0.05) is 19.8 Å². The second-order valence-electron chi connectivity index (χ2n) is 4.95. The van der Waals surface area contributed by atoms with Crippen LogP contribution in [0.5, 0.6) is 0 Å². The van der Waals surface area contributed by atoms with E-state index in [9.17, 15) is 4.79 Å². The van der Waals surface area contributed by atoms with Gasteiger partial charge in [0.05, 0.1) is 11.7 Å². The van der Waals surface area contributed by atoms with Gasteiger partial charge in [0.25, 0.3) is 5.91 Å². The van der Waals surface area contributed by atoms with Gasteiger partial charge in [-0.2, -0.15) is 0 Å². The molecule has 1 aromatic heterocycles. The molecule has 0 aliphatic heterocycles. The zero-order valence-corrected chi connectivity index (χ0v) is 12.2. The lowest BCUT2D eigenvalue weighted by Gasteiger charge is -2.25. The number of nitrogens with zero attached hydrogens (tertiary/aromatic N) is 2. The van der Waals surface area contributed by atoms with Crippen molar-refractivity contribution in [2.75, 3.05) is 12.8 Å². The Labute approximate surface area is 119 Å². The number of rotatable bonds is 4. The van der Waals surface area contributed by atoms with Crippen molar-refractivity contribution in [1.29, 1.82) is 0 Å². The Morgan fingerprint density at radius 1 is 1.35 bits per heavy atom. The Kier molecular flexibility index (Phi) is 4.13. The fourth-order valence-corrected chi connectivity index (χ4v) is 2.29. The lowest BCUT2D eigenvalue weighted by molar-refractivity contribution is 0.0732. The number of aromatic nitrogens is 1. The van der Waals surface area contributed by atoms with Gasteiger partial charge in [0.1, 0.15) is 5.69 Å². The summed E-state index contributed by atoms with van der Waals surface area (Å²) in [5, 5.41) is 0. The fraction of sp³-hybridized carbons (Fsp3) is 0.312. The molecule has 2 rings (SSSR count). The molecule has 1 heterocycles. The van der Waals surface area contributed by atoms with Crippen LogP contribution in [0, 0.1) is 0 Å². The minimum atomic E-state index is -0.0140. The van der Waals surface area contributed by atoms with Crippen LogP contribution in [-0.4, -0.2) is 22.4 Å². The number of carbonyl (C=O) groups is 1. The summed E-state index contributed by atoms with van der Waals surface area (Å²) in [7, 11) is 1.82. The highest BCUT2D eigenvalue weighted by Crippen LogP contribution is 2.21. The van der Waals surface area contributed by atoms with Gasteiger partial charge in [-0.05, 0) is 25.5 Å². The lowest BCUT2D eigenvalue weighted by Crippen LogP contribution is -2.31. The van der Waals surface area contributed by atoms with Gasteiger partial charge in [-0.15, -0.1) is 0 Å². The van der Waals surface area contributed by atoms with E-state index in [1.807, 2.05) is 55.8 Å². The van der Waals surface area contributed by atoms with Crippen LogP contribution >= 0.6 is 0 Å². The molecule has 1 atom stereocenters. The first-order chi connectivity index (χ1) is 9.54. The summed E-state index contributed by atoms with van der Waals surface area (Å²) in [4.78, 5) is 14.3. The zero-order valence-electron chi connectivity index (χ0n) is 12.2. The molecule has 0 saturated carbocycles. The van der Waals surface area contributed by atoms with Crippen molar-refractivity contribution >= 4 is 11.6 Å². The number of benzene rings is 1. The third kappa shape index (κ3) is 2.69. The van der Waals surface area contributed by atoms with E-state index in [1.54, 1.807) is 17.2 Å². The van der Waals surface area contributed by atoms with Crippen molar-refractivity contribution in [2.24, 2.45) is 0 Å². The maximum Gasteiger partial charge on any atom is 0.270 e. The number of nitrogens with two attached hydrogens (primary N) is 1. The van der Waals surface area contributed by atoms with Gasteiger partial charge in [-0.1, -0.05) is 30.3 Å². The Hall–Kier alpha value is -2.23. The molecule has 0 fully saturated rings. The molecule has 0 radical (unpaired) electrons. The minimum absolute atomic E-state index is 0.0140. The SMILES string of the molecule is CCn1cc(N)cc1C(=O)N(C)C(C)c1ccccc1. The van der Waals surface area contributed by atoms with E-state index in [1.165, 1.54) is 0 Å². The predicted molar refractivity (Wildman–Crippen MR) is 81.5 cm³/mol. The summed E-state index contributed by atoms with van der Waals surface area (Å²) in [5.41, 5.74) is 8.16. The van der Waals surface area contributed by atoms with Gasteiger partial charge in [-0.3, -0.25) is 4.79 Å². The molecule has 20 heavy (non-hydrogen) atoms.